The monoisotopic (exact) mass is 422 g/mol. The first-order valence-electron chi connectivity index (χ1n) is 8.96. The summed E-state index contributed by atoms with van der Waals surface area (Å²) in [6.07, 6.45) is 1.04. The van der Waals surface area contributed by atoms with Crippen molar-refractivity contribution in [3.63, 3.8) is 0 Å². The molecule has 2 aromatic carbocycles. The number of hydrogen-bond acceptors (Lipinski definition) is 5. The Hall–Kier alpha value is -2.19. The number of nitrogens with one attached hydrogen (secondary N) is 1. The third-order valence-electron chi connectivity index (χ3n) is 3.63. The largest absolute Gasteiger partial charge is 0.491 e. The second kappa shape index (κ2) is 9.84. The Morgan fingerprint density at radius 2 is 1.89 bits per heavy atom. The second-order valence-corrected chi connectivity index (χ2v) is 9.62. The van der Waals surface area contributed by atoms with Gasteiger partial charge in [-0.2, -0.15) is 0 Å². The van der Waals surface area contributed by atoms with E-state index < -0.39 is 15.9 Å². The highest BCUT2D eigenvalue weighted by Crippen LogP contribution is 2.27. The summed E-state index contributed by atoms with van der Waals surface area (Å²) in [7, 11) is -3.66. The minimum absolute atomic E-state index is 0.0437. The lowest BCUT2D eigenvalue weighted by Crippen LogP contribution is -2.37. The van der Waals surface area contributed by atoms with E-state index in [0.717, 1.165) is 21.2 Å². The van der Waals surface area contributed by atoms with Crippen molar-refractivity contribution in [2.45, 2.75) is 31.8 Å². The molecule has 0 heterocycles. The van der Waals surface area contributed by atoms with Crippen LogP contribution < -0.4 is 14.4 Å². The van der Waals surface area contributed by atoms with Gasteiger partial charge in [-0.3, -0.25) is 9.10 Å². The molecule has 152 valence electrons. The molecule has 0 unspecified atom stereocenters. The molecule has 0 radical (unpaired) electrons. The van der Waals surface area contributed by atoms with E-state index in [0.29, 0.717) is 17.1 Å². The van der Waals surface area contributed by atoms with Gasteiger partial charge in [0.25, 0.3) is 0 Å². The van der Waals surface area contributed by atoms with Crippen LogP contribution in [0.5, 0.6) is 5.75 Å². The maximum atomic E-state index is 12.6. The average Bonchev–Trinajstić information content (AvgIpc) is 2.60. The van der Waals surface area contributed by atoms with Gasteiger partial charge in [-0.25, -0.2) is 8.42 Å². The van der Waals surface area contributed by atoms with Gasteiger partial charge < -0.3 is 10.1 Å². The van der Waals surface area contributed by atoms with Crippen LogP contribution in [0.15, 0.2) is 53.4 Å². The molecule has 2 rings (SSSR count). The Balaban J connectivity index is 2.23. The van der Waals surface area contributed by atoms with Gasteiger partial charge in [0.05, 0.1) is 23.7 Å². The molecule has 6 nitrogen and oxygen atoms in total. The standard InChI is InChI=1S/C20H26N2O4S2/c1-5-27-19-12-7-6-11-18(19)21-20(23)14-22(28(4,24)25)16-9-8-10-17(13-16)26-15(2)3/h6-13,15H,5,14H2,1-4H3,(H,21,23). The van der Waals surface area contributed by atoms with Gasteiger partial charge in [0.2, 0.25) is 15.9 Å². The van der Waals surface area contributed by atoms with E-state index in [9.17, 15) is 13.2 Å². The zero-order valence-electron chi connectivity index (χ0n) is 16.5. The summed E-state index contributed by atoms with van der Waals surface area (Å²) in [5.41, 5.74) is 1.05. The predicted molar refractivity (Wildman–Crippen MR) is 116 cm³/mol. The molecule has 1 amide bonds. The number of carbonyl (C=O) groups excluding carboxylic acids is 1. The molecule has 0 saturated heterocycles. The lowest BCUT2D eigenvalue weighted by molar-refractivity contribution is -0.114. The van der Waals surface area contributed by atoms with Crippen molar-refractivity contribution in [2.75, 3.05) is 28.2 Å². The third-order valence-corrected chi connectivity index (χ3v) is 5.72. The highest BCUT2D eigenvalue weighted by Gasteiger charge is 2.22. The maximum Gasteiger partial charge on any atom is 0.245 e. The van der Waals surface area contributed by atoms with Crippen LogP contribution in [0.2, 0.25) is 0 Å². The molecule has 1 N–H and O–H groups in total. The summed E-state index contributed by atoms with van der Waals surface area (Å²) in [6.45, 7) is 5.48. The summed E-state index contributed by atoms with van der Waals surface area (Å²) in [6, 6.07) is 14.2. The molecule has 2 aromatic rings. The summed E-state index contributed by atoms with van der Waals surface area (Å²) >= 11 is 1.61. The van der Waals surface area contributed by atoms with Crippen molar-refractivity contribution >= 4 is 39.1 Å². The van der Waals surface area contributed by atoms with Crippen molar-refractivity contribution in [3.8, 4) is 5.75 Å². The first-order chi connectivity index (χ1) is 13.2. The molecule has 28 heavy (non-hydrogen) atoms. The molecule has 0 aliphatic heterocycles. The second-order valence-electron chi connectivity index (χ2n) is 6.41. The molecule has 0 spiro atoms. The van der Waals surface area contributed by atoms with Crippen LogP contribution in [0.25, 0.3) is 0 Å². The molecule has 0 fully saturated rings. The molecular formula is C20H26N2O4S2. The van der Waals surface area contributed by atoms with E-state index in [1.54, 1.807) is 42.1 Å². The SMILES string of the molecule is CCSc1ccccc1NC(=O)CN(c1cccc(OC(C)C)c1)S(C)(=O)=O. The zero-order chi connectivity index (χ0) is 20.7. The topological polar surface area (TPSA) is 75.7 Å². The van der Waals surface area contributed by atoms with Crippen LogP contribution in [-0.2, 0) is 14.8 Å². The van der Waals surface area contributed by atoms with Gasteiger partial charge in [-0.15, -0.1) is 11.8 Å². The Kier molecular flexibility index (Phi) is 7.77. The number of nitrogens with zero attached hydrogens (tertiary/aromatic N) is 1. The first kappa shape index (κ1) is 22.1. The van der Waals surface area contributed by atoms with Crippen LogP contribution in [0, 0.1) is 0 Å². The van der Waals surface area contributed by atoms with Gasteiger partial charge >= 0.3 is 0 Å². The summed E-state index contributed by atoms with van der Waals surface area (Å²) in [5, 5.41) is 2.82. The van der Waals surface area contributed by atoms with E-state index in [2.05, 4.69) is 5.32 Å². The van der Waals surface area contributed by atoms with Crippen LogP contribution in [0.4, 0.5) is 11.4 Å². The minimum Gasteiger partial charge on any atom is -0.491 e. The molecule has 0 aliphatic rings. The number of para-hydroxylation sites is 1. The predicted octanol–water partition coefficient (Wildman–Crippen LogP) is 3.99. The molecular weight excluding hydrogens is 396 g/mol. The van der Waals surface area contributed by atoms with Gasteiger partial charge in [-0.05, 0) is 43.9 Å². The number of benzene rings is 2. The average molecular weight is 423 g/mol. The van der Waals surface area contributed by atoms with E-state index in [-0.39, 0.29) is 12.6 Å². The number of carbonyl (C=O) groups is 1. The molecule has 0 atom stereocenters. The van der Waals surface area contributed by atoms with Crippen molar-refractivity contribution in [1.29, 1.82) is 0 Å². The van der Waals surface area contributed by atoms with Crippen molar-refractivity contribution < 1.29 is 17.9 Å². The van der Waals surface area contributed by atoms with E-state index >= 15 is 0 Å². The molecule has 8 heteroatoms. The first-order valence-corrected chi connectivity index (χ1v) is 11.8. The lowest BCUT2D eigenvalue weighted by Gasteiger charge is -2.23. The highest BCUT2D eigenvalue weighted by atomic mass is 32.2. The Morgan fingerprint density at radius 3 is 2.54 bits per heavy atom. The fourth-order valence-electron chi connectivity index (χ4n) is 2.56. The lowest BCUT2D eigenvalue weighted by atomic mass is 10.3. The van der Waals surface area contributed by atoms with Crippen LogP contribution in [0.3, 0.4) is 0 Å². The number of ether oxygens (including phenoxy) is 1. The minimum atomic E-state index is -3.66. The Morgan fingerprint density at radius 1 is 1.18 bits per heavy atom. The Labute approximate surface area is 171 Å². The summed E-state index contributed by atoms with van der Waals surface area (Å²) in [5.74, 6) is 1.00. The number of hydrogen-bond donors (Lipinski definition) is 1. The number of rotatable bonds is 9. The van der Waals surface area contributed by atoms with Crippen molar-refractivity contribution in [3.05, 3.63) is 48.5 Å². The molecule has 0 aliphatic carbocycles. The van der Waals surface area contributed by atoms with Gasteiger partial charge in [0, 0.05) is 11.0 Å². The van der Waals surface area contributed by atoms with Crippen molar-refractivity contribution in [2.24, 2.45) is 0 Å². The van der Waals surface area contributed by atoms with Crippen molar-refractivity contribution in [1.82, 2.24) is 0 Å². The van der Waals surface area contributed by atoms with Gasteiger partial charge in [-0.1, -0.05) is 25.1 Å². The van der Waals surface area contributed by atoms with Crippen LogP contribution >= 0.6 is 11.8 Å². The number of sulfonamides is 1. The molecule has 0 aromatic heterocycles. The quantitative estimate of drug-likeness (QED) is 0.619. The van der Waals surface area contributed by atoms with Gasteiger partial charge in [0.15, 0.2) is 0 Å². The molecule has 0 bridgehead atoms. The summed E-state index contributed by atoms with van der Waals surface area (Å²) in [4.78, 5) is 13.5. The number of anilines is 2. The van der Waals surface area contributed by atoms with Gasteiger partial charge in [0.1, 0.15) is 12.3 Å². The molecule has 0 saturated carbocycles. The zero-order valence-corrected chi connectivity index (χ0v) is 18.1. The van der Waals surface area contributed by atoms with Crippen LogP contribution in [-0.4, -0.2) is 39.0 Å². The maximum absolute atomic E-state index is 12.6. The number of thioether (sulfide) groups is 1. The van der Waals surface area contributed by atoms with Crippen LogP contribution in [0.1, 0.15) is 20.8 Å². The van der Waals surface area contributed by atoms with E-state index in [4.69, 9.17) is 4.74 Å². The van der Waals surface area contributed by atoms with E-state index in [1.165, 1.54) is 0 Å². The fourth-order valence-corrected chi connectivity index (χ4v) is 4.16. The smallest absolute Gasteiger partial charge is 0.245 e. The fraction of sp³-hybridized carbons (Fsp3) is 0.350. The third kappa shape index (κ3) is 6.45. The summed E-state index contributed by atoms with van der Waals surface area (Å²) < 4.78 is 31.4. The van der Waals surface area contributed by atoms with E-state index in [1.807, 2.05) is 39.0 Å². The number of amides is 1. The normalized spacial score (nSPS) is 11.3. The Bertz CT molecular complexity index is 914. The highest BCUT2D eigenvalue weighted by molar-refractivity contribution is 7.99.